The van der Waals surface area contributed by atoms with Gasteiger partial charge in [0.15, 0.2) is 16.0 Å². The number of nitro groups is 1. The van der Waals surface area contributed by atoms with Crippen molar-refractivity contribution in [2.24, 2.45) is 0 Å². The molecule has 8 heteroatoms. The van der Waals surface area contributed by atoms with Crippen LogP contribution < -0.4 is 9.47 Å². The van der Waals surface area contributed by atoms with Crippen LogP contribution in [0.5, 0.6) is 11.5 Å². The van der Waals surface area contributed by atoms with Gasteiger partial charge in [-0.1, -0.05) is 11.6 Å². The average molecular weight is 301 g/mol. The fourth-order valence-electron chi connectivity index (χ4n) is 1.39. The molecule has 2 rings (SSSR count). The second-order valence-corrected chi connectivity index (χ2v) is 5.16. The molecule has 2 aromatic rings. The molecule has 0 aliphatic carbocycles. The number of methoxy groups -OCH3 is 1. The first-order valence-corrected chi connectivity index (χ1v) is 6.35. The van der Waals surface area contributed by atoms with Gasteiger partial charge < -0.3 is 9.47 Å². The van der Waals surface area contributed by atoms with Gasteiger partial charge >= 0.3 is 0 Å². The van der Waals surface area contributed by atoms with Crippen molar-refractivity contribution in [3.63, 3.8) is 0 Å². The molecular formula is C11H9ClN2O4S. The number of halogens is 1. The highest BCUT2D eigenvalue weighted by Gasteiger charge is 2.12. The Morgan fingerprint density at radius 1 is 1.47 bits per heavy atom. The normalized spacial score (nSPS) is 10.2. The second kappa shape index (κ2) is 5.85. The Morgan fingerprint density at radius 3 is 2.84 bits per heavy atom. The van der Waals surface area contributed by atoms with E-state index < -0.39 is 4.92 Å². The van der Waals surface area contributed by atoms with E-state index in [0.29, 0.717) is 16.0 Å². The molecule has 0 atom stereocenters. The number of ether oxygens (including phenoxy) is 2. The summed E-state index contributed by atoms with van der Waals surface area (Å²) < 4.78 is 11.0. The fraction of sp³-hybridized carbons (Fsp3) is 0.182. The maximum atomic E-state index is 10.7. The van der Waals surface area contributed by atoms with E-state index in [9.17, 15) is 10.1 Å². The van der Waals surface area contributed by atoms with Crippen LogP contribution in [0.4, 0.5) is 5.69 Å². The van der Waals surface area contributed by atoms with Gasteiger partial charge in [-0.25, -0.2) is 4.98 Å². The monoisotopic (exact) mass is 300 g/mol. The number of hydrogen-bond donors (Lipinski definition) is 0. The lowest BCUT2D eigenvalue weighted by molar-refractivity contribution is -0.385. The van der Waals surface area contributed by atoms with Crippen LogP contribution in [0.15, 0.2) is 24.4 Å². The molecule has 0 unspecified atom stereocenters. The molecule has 1 aromatic carbocycles. The molecule has 0 saturated heterocycles. The molecule has 100 valence electrons. The fourth-order valence-corrected chi connectivity index (χ4v) is 2.28. The van der Waals surface area contributed by atoms with Crippen LogP contribution in [0, 0.1) is 10.1 Å². The lowest BCUT2D eigenvalue weighted by atomic mass is 10.3. The highest BCUT2D eigenvalue weighted by molar-refractivity contribution is 7.15. The lowest BCUT2D eigenvalue weighted by Gasteiger charge is -2.09. The van der Waals surface area contributed by atoms with Gasteiger partial charge in [0.1, 0.15) is 6.61 Å². The molecular weight excluding hydrogens is 292 g/mol. The van der Waals surface area contributed by atoms with Crippen molar-refractivity contribution in [3.05, 3.63) is 43.9 Å². The van der Waals surface area contributed by atoms with E-state index in [2.05, 4.69) is 4.98 Å². The van der Waals surface area contributed by atoms with Gasteiger partial charge in [-0.2, -0.15) is 0 Å². The van der Waals surface area contributed by atoms with Crippen LogP contribution in [-0.4, -0.2) is 17.0 Å². The summed E-state index contributed by atoms with van der Waals surface area (Å²) in [6.45, 7) is 0.276. The Bertz CT molecular complexity index is 602. The zero-order valence-corrected chi connectivity index (χ0v) is 11.4. The van der Waals surface area contributed by atoms with Gasteiger partial charge in [-0.05, 0) is 6.07 Å². The standard InChI is InChI=1S/C11H9ClN2O4S/c1-17-10-4-7(14(15)16)2-3-9(10)18-6-8-5-13-11(12)19-8/h2-5H,6H2,1H3. The third kappa shape index (κ3) is 3.33. The zero-order valence-electron chi connectivity index (χ0n) is 9.83. The van der Waals surface area contributed by atoms with Crippen molar-refractivity contribution in [2.75, 3.05) is 7.11 Å². The van der Waals surface area contributed by atoms with E-state index in [1.807, 2.05) is 0 Å². The van der Waals surface area contributed by atoms with E-state index in [1.165, 1.54) is 36.6 Å². The Labute approximate surface area is 117 Å². The summed E-state index contributed by atoms with van der Waals surface area (Å²) in [7, 11) is 1.43. The number of hydrogen-bond acceptors (Lipinski definition) is 6. The van der Waals surface area contributed by atoms with E-state index >= 15 is 0 Å². The highest BCUT2D eigenvalue weighted by Crippen LogP contribution is 2.32. The van der Waals surface area contributed by atoms with Gasteiger partial charge in [-0.3, -0.25) is 10.1 Å². The van der Waals surface area contributed by atoms with Crippen molar-refractivity contribution in [1.29, 1.82) is 0 Å². The second-order valence-electron chi connectivity index (χ2n) is 3.46. The smallest absolute Gasteiger partial charge is 0.273 e. The summed E-state index contributed by atoms with van der Waals surface area (Å²) in [5.74, 6) is 0.738. The highest BCUT2D eigenvalue weighted by atomic mass is 35.5. The van der Waals surface area contributed by atoms with E-state index in [-0.39, 0.29) is 12.3 Å². The van der Waals surface area contributed by atoms with Crippen LogP contribution in [0.1, 0.15) is 4.88 Å². The predicted octanol–water partition coefficient (Wildman–Crippen LogP) is 3.29. The minimum absolute atomic E-state index is 0.0509. The van der Waals surface area contributed by atoms with Crippen molar-refractivity contribution in [1.82, 2.24) is 4.98 Å². The number of rotatable bonds is 5. The van der Waals surface area contributed by atoms with E-state index in [0.717, 1.165) is 4.88 Å². The lowest BCUT2D eigenvalue weighted by Crippen LogP contribution is -1.97. The van der Waals surface area contributed by atoms with Crippen LogP contribution in [-0.2, 0) is 6.61 Å². The van der Waals surface area contributed by atoms with Crippen LogP contribution in [0.3, 0.4) is 0 Å². The van der Waals surface area contributed by atoms with Gasteiger partial charge in [0.05, 0.1) is 23.0 Å². The Hall–Kier alpha value is -1.86. The maximum absolute atomic E-state index is 10.7. The Balaban J connectivity index is 2.13. The van der Waals surface area contributed by atoms with Crippen molar-refractivity contribution < 1.29 is 14.4 Å². The molecule has 1 heterocycles. The first-order valence-electron chi connectivity index (χ1n) is 5.15. The molecule has 0 aliphatic heterocycles. The number of thiazole rings is 1. The molecule has 0 saturated carbocycles. The Morgan fingerprint density at radius 2 is 2.26 bits per heavy atom. The summed E-state index contributed by atoms with van der Waals surface area (Å²) in [5, 5.41) is 10.7. The summed E-state index contributed by atoms with van der Waals surface area (Å²) in [4.78, 5) is 14.9. The third-order valence-electron chi connectivity index (χ3n) is 2.25. The SMILES string of the molecule is COc1cc([N+](=O)[O-])ccc1OCc1cnc(Cl)s1. The van der Waals surface area contributed by atoms with Crippen molar-refractivity contribution in [2.45, 2.75) is 6.61 Å². The summed E-state index contributed by atoms with van der Waals surface area (Å²) >= 11 is 7.02. The molecule has 0 amide bonds. The molecule has 1 aromatic heterocycles. The number of non-ortho nitro benzene ring substituents is 1. The van der Waals surface area contributed by atoms with Gasteiger partial charge in [-0.15, -0.1) is 11.3 Å². The van der Waals surface area contributed by atoms with Crippen LogP contribution in [0.25, 0.3) is 0 Å². The summed E-state index contributed by atoms with van der Waals surface area (Å²) in [6.07, 6.45) is 1.62. The topological polar surface area (TPSA) is 74.5 Å². The zero-order chi connectivity index (χ0) is 13.8. The number of benzene rings is 1. The third-order valence-corrected chi connectivity index (χ3v) is 3.34. The van der Waals surface area contributed by atoms with Gasteiger partial charge in [0, 0.05) is 12.3 Å². The molecule has 0 spiro atoms. The summed E-state index contributed by atoms with van der Waals surface area (Å²) in [5.41, 5.74) is -0.0509. The molecule has 0 aliphatic rings. The molecule has 6 nitrogen and oxygen atoms in total. The first-order chi connectivity index (χ1) is 9.10. The number of aromatic nitrogens is 1. The minimum atomic E-state index is -0.491. The number of nitrogens with zero attached hydrogens (tertiary/aromatic N) is 2. The van der Waals surface area contributed by atoms with E-state index in [1.54, 1.807) is 6.20 Å². The quantitative estimate of drug-likeness (QED) is 0.625. The van der Waals surface area contributed by atoms with Gasteiger partial charge in [0.2, 0.25) is 0 Å². The predicted molar refractivity (Wildman–Crippen MR) is 71.1 cm³/mol. The first kappa shape index (κ1) is 13.6. The summed E-state index contributed by atoms with van der Waals surface area (Å²) in [6, 6.07) is 4.17. The Kier molecular flexibility index (Phi) is 4.18. The molecule has 19 heavy (non-hydrogen) atoms. The van der Waals surface area contributed by atoms with Crippen molar-refractivity contribution in [3.8, 4) is 11.5 Å². The van der Waals surface area contributed by atoms with Crippen LogP contribution in [0.2, 0.25) is 4.47 Å². The average Bonchev–Trinajstić information content (AvgIpc) is 2.81. The van der Waals surface area contributed by atoms with Crippen LogP contribution >= 0.6 is 22.9 Å². The molecule has 0 bridgehead atoms. The molecule has 0 N–H and O–H groups in total. The molecule has 0 radical (unpaired) electrons. The minimum Gasteiger partial charge on any atom is -0.493 e. The maximum Gasteiger partial charge on any atom is 0.273 e. The molecule has 0 fully saturated rings. The largest absolute Gasteiger partial charge is 0.493 e. The van der Waals surface area contributed by atoms with E-state index in [4.69, 9.17) is 21.1 Å². The van der Waals surface area contributed by atoms with Crippen molar-refractivity contribution >= 4 is 28.6 Å². The number of nitro benzene ring substituents is 1. The van der Waals surface area contributed by atoms with Gasteiger partial charge in [0.25, 0.3) is 5.69 Å².